The molecule has 1 unspecified atom stereocenters. The Hall–Kier alpha value is -1.19. The molecule has 1 aromatic heterocycles. The zero-order valence-corrected chi connectivity index (χ0v) is 12.8. The molecule has 1 N–H and O–H groups in total. The van der Waals surface area contributed by atoms with Gasteiger partial charge in [0, 0.05) is 23.7 Å². The Labute approximate surface area is 125 Å². The third-order valence-electron chi connectivity index (χ3n) is 3.87. The number of aromatic nitrogens is 1. The maximum atomic E-state index is 4.58. The van der Waals surface area contributed by atoms with Crippen LogP contribution in [0.4, 0.5) is 0 Å². The second-order valence-electron chi connectivity index (χ2n) is 5.71. The topological polar surface area (TPSA) is 24.9 Å². The van der Waals surface area contributed by atoms with E-state index >= 15 is 0 Å². The molecule has 0 radical (unpaired) electrons. The summed E-state index contributed by atoms with van der Waals surface area (Å²) in [5.74, 6) is 0.598. The first-order valence-corrected chi connectivity index (χ1v) is 8.38. The van der Waals surface area contributed by atoms with Crippen molar-refractivity contribution in [2.24, 2.45) is 0 Å². The van der Waals surface area contributed by atoms with Gasteiger partial charge in [-0.3, -0.25) is 0 Å². The van der Waals surface area contributed by atoms with Crippen LogP contribution in [0.15, 0.2) is 35.7 Å². The summed E-state index contributed by atoms with van der Waals surface area (Å²) >= 11 is 1.79. The molecular weight excluding hydrogens is 264 g/mol. The summed E-state index contributed by atoms with van der Waals surface area (Å²) in [5, 5.41) is 7.10. The molecule has 0 amide bonds. The number of hydrogen-bond donors (Lipinski definition) is 1. The van der Waals surface area contributed by atoms with Gasteiger partial charge in [0.05, 0.1) is 5.01 Å². The summed E-state index contributed by atoms with van der Waals surface area (Å²) in [5.41, 5.74) is 2.60. The SMILES string of the molecule is Cc1csc(CCC(CNC2CC2)c2ccccc2)n1. The number of thiazole rings is 1. The van der Waals surface area contributed by atoms with Crippen molar-refractivity contribution in [1.82, 2.24) is 10.3 Å². The maximum Gasteiger partial charge on any atom is 0.0928 e. The quantitative estimate of drug-likeness (QED) is 0.834. The van der Waals surface area contributed by atoms with Crippen LogP contribution in [0.3, 0.4) is 0 Å². The largest absolute Gasteiger partial charge is 0.313 e. The Morgan fingerprint density at radius 3 is 2.75 bits per heavy atom. The highest BCUT2D eigenvalue weighted by Crippen LogP contribution is 2.25. The van der Waals surface area contributed by atoms with Gasteiger partial charge in [-0.25, -0.2) is 4.98 Å². The molecule has 1 saturated carbocycles. The van der Waals surface area contributed by atoms with Crippen molar-refractivity contribution in [2.45, 2.75) is 44.6 Å². The summed E-state index contributed by atoms with van der Waals surface area (Å²) in [7, 11) is 0. The van der Waals surface area contributed by atoms with Crippen LogP contribution < -0.4 is 5.32 Å². The van der Waals surface area contributed by atoms with E-state index in [1.807, 2.05) is 0 Å². The number of nitrogens with zero attached hydrogens (tertiary/aromatic N) is 1. The minimum Gasteiger partial charge on any atom is -0.313 e. The molecule has 1 aliphatic carbocycles. The third-order valence-corrected chi connectivity index (χ3v) is 4.90. The predicted octanol–water partition coefficient (Wildman–Crippen LogP) is 3.92. The van der Waals surface area contributed by atoms with E-state index in [0.717, 1.165) is 24.7 Å². The van der Waals surface area contributed by atoms with Crippen LogP contribution in [-0.4, -0.2) is 17.6 Å². The molecule has 2 nitrogen and oxygen atoms in total. The van der Waals surface area contributed by atoms with Gasteiger partial charge in [0.2, 0.25) is 0 Å². The van der Waals surface area contributed by atoms with Crippen LogP contribution in [0.2, 0.25) is 0 Å². The molecule has 0 bridgehead atoms. The molecule has 3 rings (SSSR count). The third kappa shape index (κ3) is 3.90. The predicted molar refractivity (Wildman–Crippen MR) is 85.4 cm³/mol. The molecule has 2 aromatic rings. The Kier molecular flexibility index (Phi) is 4.48. The van der Waals surface area contributed by atoms with Gasteiger partial charge in [-0.1, -0.05) is 30.3 Å². The van der Waals surface area contributed by atoms with Gasteiger partial charge in [0.1, 0.15) is 0 Å². The molecule has 3 heteroatoms. The lowest BCUT2D eigenvalue weighted by atomic mass is 9.94. The second-order valence-corrected chi connectivity index (χ2v) is 6.65. The minimum absolute atomic E-state index is 0.598. The molecule has 1 fully saturated rings. The zero-order chi connectivity index (χ0) is 13.8. The normalized spacial score (nSPS) is 16.2. The first-order valence-electron chi connectivity index (χ1n) is 7.50. The number of rotatable bonds is 7. The van der Waals surface area contributed by atoms with Crippen LogP contribution in [0.1, 0.15) is 41.4 Å². The summed E-state index contributed by atoms with van der Waals surface area (Å²) in [6.45, 7) is 3.17. The highest BCUT2D eigenvalue weighted by atomic mass is 32.1. The lowest BCUT2D eigenvalue weighted by Gasteiger charge is -2.17. The summed E-state index contributed by atoms with van der Waals surface area (Å²) in [6.07, 6.45) is 4.97. The van der Waals surface area contributed by atoms with Gasteiger partial charge in [-0.05, 0) is 44.1 Å². The number of nitrogens with one attached hydrogen (secondary N) is 1. The first-order chi connectivity index (χ1) is 9.81. The standard InChI is InChI=1S/C17H22N2S/c1-13-12-20-17(19-13)10-7-15(11-18-16-8-9-16)14-5-3-2-4-6-14/h2-6,12,15-16,18H,7-11H2,1H3. The fourth-order valence-corrected chi connectivity index (χ4v) is 3.32. The lowest BCUT2D eigenvalue weighted by Crippen LogP contribution is -2.24. The first kappa shape index (κ1) is 13.8. The number of benzene rings is 1. The fraction of sp³-hybridized carbons (Fsp3) is 0.471. The van der Waals surface area contributed by atoms with E-state index in [1.165, 1.54) is 29.8 Å². The van der Waals surface area contributed by atoms with E-state index in [0.29, 0.717) is 5.92 Å². The Balaban J connectivity index is 1.61. The van der Waals surface area contributed by atoms with Gasteiger partial charge in [-0.15, -0.1) is 11.3 Å². The van der Waals surface area contributed by atoms with Gasteiger partial charge >= 0.3 is 0 Å². The van der Waals surface area contributed by atoms with Crippen molar-refractivity contribution < 1.29 is 0 Å². The average molecular weight is 286 g/mol. The van der Waals surface area contributed by atoms with E-state index in [9.17, 15) is 0 Å². The number of aryl methyl sites for hydroxylation is 2. The van der Waals surface area contributed by atoms with Gasteiger partial charge in [0.15, 0.2) is 0 Å². The molecule has 20 heavy (non-hydrogen) atoms. The molecule has 1 atom stereocenters. The molecule has 1 aromatic carbocycles. The van der Waals surface area contributed by atoms with Crippen LogP contribution in [-0.2, 0) is 6.42 Å². The smallest absolute Gasteiger partial charge is 0.0928 e. The number of hydrogen-bond acceptors (Lipinski definition) is 3. The summed E-state index contributed by atoms with van der Waals surface area (Å²) < 4.78 is 0. The molecule has 0 aliphatic heterocycles. The van der Waals surface area contributed by atoms with E-state index in [1.54, 1.807) is 11.3 Å². The van der Waals surface area contributed by atoms with Gasteiger partial charge in [-0.2, -0.15) is 0 Å². The van der Waals surface area contributed by atoms with Crippen molar-refractivity contribution in [1.29, 1.82) is 0 Å². The van der Waals surface area contributed by atoms with Gasteiger partial charge < -0.3 is 5.32 Å². The van der Waals surface area contributed by atoms with Crippen molar-refractivity contribution in [3.8, 4) is 0 Å². The zero-order valence-electron chi connectivity index (χ0n) is 12.0. The Morgan fingerprint density at radius 1 is 1.30 bits per heavy atom. The molecule has 106 valence electrons. The average Bonchev–Trinajstić information content (AvgIpc) is 3.21. The van der Waals surface area contributed by atoms with Crippen molar-refractivity contribution in [3.63, 3.8) is 0 Å². The van der Waals surface area contributed by atoms with Gasteiger partial charge in [0.25, 0.3) is 0 Å². The fourth-order valence-electron chi connectivity index (χ4n) is 2.52. The highest BCUT2D eigenvalue weighted by Gasteiger charge is 2.22. The molecule has 0 saturated heterocycles. The van der Waals surface area contributed by atoms with E-state index in [4.69, 9.17) is 0 Å². The van der Waals surface area contributed by atoms with Crippen LogP contribution in [0.5, 0.6) is 0 Å². The molecule has 1 heterocycles. The minimum atomic E-state index is 0.598. The highest BCUT2D eigenvalue weighted by molar-refractivity contribution is 7.09. The second kappa shape index (κ2) is 6.51. The molecule has 0 spiro atoms. The van der Waals surface area contributed by atoms with E-state index in [2.05, 4.69) is 52.9 Å². The molecule has 1 aliphatic rings. The Morgan fingerprint density at radius 2 is 2.10 bits per heavy atom. The maximum absolute atomic E-state index is 4.58. The summed E-state index contributed by atoms with van der Waals surface area (Å²) in [4.78, 5) is 4.58. The van der Waals surface area contributed by atoms with Crippen LogP contribution in [0.25, 0.3) is 0 Å². The van der Waals surface area contributed by atoms with E-state index in [-0.39, 0.29) is 0 Å². The lowest BCUT2D eigenvalue weighted by molar-refractivity contribution is 0.547. The van der Waals surface area contributed by atoms with Crippen LogP contribution >= 0.6 is 11.3 Å². The van der Waals surface area contributed by atoms with Crippen molar-refractivity contribution >= 4 is 11.3 Å². The molecular formula is C17H22N2S. The van der Waals surface area contributed by atoms with Crippen molar-refractivity contribution in [3.05, 3.63) is 52.0 Å². The monoisotopic (exact) mass is 286 g/mol. The van der Waals surface area contributed by atoms with Crippen LogP contribution in [0, 0.1) is 6.92 Å². The van der Waals surface area contributed by atoms with E-state index < -0.39 is 0 Å². The Bertz CT molecular complexity index is 531. The summed E-state index contributed by atoms with van der Waals surface area (Å²) in [6, 6.07) is 11.7. The van der Waals surface area contributed by atoms with Crippen molar-refractivity contribution in [2.75, 3.05) is 6.54 Å².